The fourth-order valence-corrected chi connectivity index (χ4v) is 4.07. The summed E-state index contributed by atoms with van der Waals surface area (Å²) < 4.78 is 0.851. The van der Waals surface area contributed by atoms with Gasteiger partial charge in [-0.25, -0.2) is 9.78 Å². The molecule has 3 amide bonds. The van der Waals surface area contributed by atoms with E-state index >= 15 is 0 Å². The Labute approximate surface area is 133 Å². The highest BCUT2D eigenvalue weighted by molar-refractivity contribution is 8.01. The zero-order valence-electron chi connectivity index (χ0n) is 12.3. The third kappa shape index (κ3) is 5.32. The van der Waals surface area contributed by atoms with Gasteiger partial charge in [-0.05, 0) is 25.7 Å². The molecule has 0 radical (unpaired) electrons. The topological polar surface area (TPSA) is 71.1 Å². The Morgan fingerprint density at radius 3 is 2.86 bits per heavy atom. The van der Waals surface area contributed by atoms with Gasteiger partial charge in [0.25, 0.3) is 0 Å². The SMILES string of the molecule is Cc1csc(SCC(=O)NC(=O)N[C@@H]2CCCC[C@@H]2C)n1. The monoisotopic (exact) mass is 327 g/mol. The van der Waals surface area contributed by atoms with Crippen LogP contribution in [-0.4, -0.2) is 28.7 Å². The number of urea groups is 1. The molecule has 0 spiro atoms. The summed E-state index contributed by atoms with van der Waals surface area (Å²) in [5.74, 6) is 0.404. The number of imide groups is 1. The highest BCUT2D eigenvalue weighted by atomic mass is 32.2. The van der Waals surface area contributed by atoms with Gasteiger partial charge in [0, 0.05) is 17.1 Å². The number of rotatable bonds is 4. The summed E-state index contributed by atoms with van der Waals surface area (Å²) in [5.41, 5.74) is 0.951. The minimum atomic E-state index is -0.380. The molecule has 1 aromatic heterocycles. The summed E-state index contributed by atoms with van der Waals surface area (Å²) >= 11 is 2.86. The van der Waals surface area contributed by atoms with Crippen molar-refractivity contribution in [3.8, 4) is 0 Å². The summed E-state index contributed by atoms with van der Waals surface area (Å²) in [6, 6.07) is -0.199. The molecule has 1 aromatic rings. The molecule has 21 heavy (non-hydrogen) atoms. The molecule has 0 aliphatic heterocycles. The maximum absolute atomic E-state index is 11.8. The molecule has 0 saturated heterocycles. The number of nitrogens with zero attached hydrogens (tertiary/aromatic N) is 1. The van der Waals surface area contributed by atoms with Crippen molar-refractivity contribution >= 4 is 35.0 Å². The van der Waals surface area contributed by atoms with Crippen molar-refractivity contribution in [3.63, 3.8) is 0 Å². The lowest BCUT2D eigenvalue weighted by molar-refractivity contribution is -0.117. The lowest BCUT2D eigenvalue weighted by atomic mass is 9.86. The predicted molar refractivity (Wildman–Crippen MR) is 85.7 cm³/mol. The van der Waals surface area contributed by atoms with Gasteiger partial charge in [-0.3, -0.25) is 10.1 Å². The van der Waals surface area contributed by atoms with Crippen molar-refractivity contribution in [3.05, 3.63) is 11.1 Å². The number of thiazole rings is 1. The maximum atomic E-state index is 11.8. The standard InChI is InChI=1S/C14H21N3O2S2/c1-9-5-3-4-6-11(9)16-13(19)17-12(18)8-21-14-15-10(2)7-20-14/h7,9,11H,3-6,8H2,1-2H3,(H2,16,17,18,19)/t9-,11+/m0/s1. The van der Waals surface area contributed by atoms with Crippen LogP contribution in [0.25, 0.3) is 0 Å². The van der Waals surface area contributed by atoms with Gasteiger partial charge in [0.1, 0.15) is 0 Å². The molecular formula is C14H21N3O2S2. The van der Waals surface area contributed by atoms with Gasteiger partial charge >= 0.3 is 6.03 Å². The Bertz CT molecular complexity index is 504. The summed E-state index contributed by atoms with van der Waals surface area (Å²) in [6.45, 7) is 4.06. The van der Waals surface area contributed by atoms with Crippen molar-refractivity contribution < 1.29 is 9.59 Å². The number of nitrogens with one attached hydrogen (secondary N) is 2. The van der Waals surface area contributed by atoms with E-state index in [4.69, 9.17) is 0 Å². The van der Waals surface area contributed by atoms with Gasteiger partial charge in [-0.1, -0.05) is 31.5 Å². The average molecular weight is 327 g/mol. The molecule has 7 heteroatoms. The lowest BCUT2D eigenvalue weighted by Crippen LogP contribution is -2.48. The van der Waals surface area contributed by atoms with E-state index in [0.29, 0.717) is 5.92 Å². The quantitative estimate of drug-likeness (QED) is 0.834. The smallest absolute Gasteiger partial charge is 0.321 e. The molecule has 116 valence electrons. The number of hydrogen-bond acceptors (Lipinski definition) is 5. The van der Waals surface area contributed by atoms with Gasteiger partial charge in [0.05, 0.1) is 5.75 Å². The van der Waals surface area contributed by atoms with E-state index < -0.39 is 0 Å². The molecule has 2 N–H and O–H groups in total. The van der Waals surface area contributed by atoms with Crippen molar-refractivity contribution in [2.75, 3.05) is 5.75 Å². The van der Waals surface area contributed by atoms with Crippen LogP contribution in [-0.2, 0) is 4.79 Å². The van der Waals surface area contributed by atoms with Crippen LogP contribution in [0.3, 0.4) is 0 Å². The van der Waals surface area contributed by atoms with E-state index in [1.807, 2.05) is 12.3 Å². The molecule has 2 atom stereocenters. The number of hydrogen-bond donors (Lipinski definition) is 2. The Balaban J connectivity index is 1.70. The van der Waals surface area contributed by atoms with Crippen molar-refractivity contribution in [1.29, 1.82) is 0 Å². The van der Waals surface area contributed by atoms with Gasteiger partial charge in [-0.2, -0.15) is 0 Å². The molecule has 1 heterocycles. The van der Waals surface area contributed by atoms with E-state index in [0.717, 1.165) is 29.3 Å². The van der Waals surface area contributed by atoms with Crippen LogP contribution in [0.2, 0.25) is 0 Å². The minimum absolute atomic E-state index is 0.181. The van der Waals surface area contributed by atoms with Gasteiger partial charge in [-0.15, -0.1) is 11.3 Å². The fraction of sp³-hybridized carbons (Fsp3) is 0.643. The van der Waals surface area contributed by atoms with E-state index in [-0.39, 0.29) is 23.7 Å². The maximum Gasteiger partial charge on any atom is 0.321 e. The number of amides is 3. The molecule has 1 saturated carbocycles. The third-order valence-corrected chi connectivity index (χ3v) is 5.74. The molecule has 2 rings (SSSR count). The summed E-state index contributed by atoms with van der Waals surface area (Å²) in [5, 5.41) is 7.24. The fourth-order valence-electron chi connectivity index (χ4n) is 2.42. The van der Waals surface area contributed by atoms with Crippen LogP contribution >= 0.6 is 23.1 Å². The van der Waals surface area contributed by atoms with Crippen LogP contribution in [0.15, 0.2) is 9.72 Å². The first kappa shape index (κ1) is 16.3. The van der Waals surface area contributed by atoms with Crippen molar-refractivity contribution in [2.24, 2.45) is 5.92 Å². The van der Waals surface area contributed by atoms with Crippen LogP contribution < -0.4 is 10.6 Å². The molecule has 1 fully saturated rings. The van der Waals surface area contributed by atoms with Gasteiger partial charge in [0.2, 0.25) is 5.91 Å². The van der Waals surface area contributed by atoms with Crippen molar-refractivity contribution in [2.45, 2.75) is 49.9 Å². The molecule has 5 nitrogen and oxygen atoms in total. The minimum Gasteiger partial charge on any atom is -0.335 e. The van der Waals surface area contributed by atoms with E-state index in [1.54, 1.807) is 0 Å². The van der Waals surface area contributed by atoms with Crippen LogP contribution in [0.4, 0.5) is 4.79 Å². The van der Waals surface area contributed by atoms with Crippen LogP contribution in [0.5, 0.6) is 0 Å². The van der Waals surface area contributed by atoms with E-state index in [9.17, 15) is 9.59 Å². The van der Waals surface area contributed by atoms with Gasteiger partial charge in [0.15, 0.2) is 4.34 Å². The Morgan fingerprint density at radius 2 is 2.19 bits per heavy atom. The first-order valence-corrected chi connectivity index (χ1v) is 9.06. The molecule has 0 bridgehead atoms. The zero-order valence-corrected chi connectivity index (χ0v) is 14.0. The van der Waals surface area contributed by atoms with Crippen molar-refractivity contribution in [1.82, 2.24) is 15.6 Å². The normalized spacial score (nSPS) is 21.8. The number of aryl methyl sites for hydroxylation is 1. The van der Waals surface area contributed by atoms with Gasteiger partial charge < -0.3 is 5.32 Å². The summed E-state index contributed by atoms with van der Waals surface area (Å²) in [6.07, 6.45) is 4.50. The number of carbonyl (C=O) groups is 2. The summed E-state index contributed by atoms with van der Waals surface area (Å²) in [7, 11) is 0. The van der Waals surface area contributed by atoms with Crippen LogP contribution in [0.1, 0.15) is 38.3 Å². The second-order valence-corrected chi connectivity index (χ2v) is 7.51. The highest BCUT2D eigenvalue weighted by Crippen LogP contribution is 2.24. The molecule has 0 aromatic carbocycles. The van der Waals surface area contributed by atoms with Crippen LogP contribution in [0, 0.1) is 12.8 Å². The second kappa shape index (κ2) is 7.79. The highest BCUT2D eigenvalue weighted by Gasteiger charge is 2.23. The number of carbonyl (C=O) groups excluding carboxylic acids is 2. The lowest BCUT2D eigenvalue weighted by Gasteiger charge is -2.29. The molecule has 1 aliphatic carbocycles. The second-order valence-electron chi connectivity index (χ2n) is 5.43. The Morgan fingerprint density at radius 1 is 1.43 bits per heavy atom. The average Bonchev–Trinajstić information content (AvgIpc) is 2.85. The molecular weight excluding hydrogens is 306 g/mol. The zero-order chi connectivity index (χ0) is 15.2. The Kier molecular flexibility index (Phi) is 6.05. The van der Waals surface area contributed by atoms with E-state index in [1.165, 1.54) is 29.5 Å². The molecule has 1 aliphatic rings. The number of thioether (sulfide) groups is 1. The number of aromatic nitrogens is 1. The Hall–Kier alpha value is -1.08. The molecule has 0 unspecified atom stereocenters. The third-order valence-electron chi connectivity index (χ3n) is 3.61. The van der Waals surface area contributed by atoms with E-state index in [2.05, 4.69) is 22.5 Å². The first-order valence-electron chi connectivity index (χ1n) is 7.20. The largest absolute Gasteiger partial charge is 0.335 e. The predicted octanol–water partition coefficient (Wildman–Crippen LogP) is 2.95. The first-order chi connectivity index (χ1) is 10.0. The summed E-state index contributed by atoms with van der Waals surface area (Å²) in [4.78, 5) is 27.8.